The van der Waals surface area contributed by atoms with Crippen LogP contribution in [0.3, 0.4) is 0 Å². The van der Waals surface area contributed by atoms with Crippen LogP contribution in [-0.2, 0) is 9.59 Å². The number of hydrogen-bond donors (Lipinski definition) is 3. The highest BCUT2D eigenvalue weighted by Crippen LogP contribution is 2.38. The predicted octanol–water partition coefficient (Wildman–Crippen LogP) is 3.51. The number of rotatable bonds is 8. The van der Waals surface area contributed by atoms with Crippen LogP contribution >= 0.6 is 24.0 Å². The second-order valence-corrected chi connectivity index (χ2v) is 7.37. The monoisotopic (exact) mass is 417 g/mol. The van der Waals surface area contributed by atoms with Gasteiger partial charge in [0.25, 0.3) is 0 Å². The lowest BCUT2D eigenvalue weighted by Gasteiger charge is -2.35. The number of anilines is 1. The predicted molar refractivity (Wildman–Crippen MR) is 111 cm³/mol. The minimum atomic E-state index is -0.211. The van der Waals surface area contributed by atoms with E-state index in [0.717, 1.165) is 25.7 Å². The van der Waals surface area contributed by atoms with Crippen molar-refractivity contribution in [2.24, 2.45) is 11.1 Å². The average molecular weight is 418 g/mol. The molecule has 0 atom stereocenters. The summed E-state index contributed by atoms with van der Waals surface area (Å²) in [6.45, 7) is 0.823. The van der Waals surface area contributed by atoms with Crippen LogP contribution in [0.1, 0.15) is 44.9 Å². The first-order valence-corrected chi connectivity index (χ1v) is 9.46. The van der Waals surface area contributed by atoms with Crippen LogP contribution in [0.25, 0.3) is 0 Å². The minimum Gasteiger partial charge on any atom is -0.495 e. The summed E-state index contributed by atoms with van der Waals surface area (Å²) < 4.78 is 5.20. The standard InChI is InChI=1S/C19H28ClN3O3.ClH/c1-26-16-6-5-14(20)11-15(16)23-17(24)7-10-22-18(25)12-19(13-21)8-3-2-4-9-19;/h5-6,11H,2-4,7-10,12-13,21H2,1H3,(H,22,25)(H,23,24);1H. The number of carbonyl (C=O) groups is 2. The maximum Gasteiger partial charge on any atom is 0.226 e. The fourth-order valence-corrected chi connectivity index (χ4v) is 3.64. The van der Waals surface area contributed by atoms with Gasteiger partial charge in [-0.25, -0.2) is 0 Å². The zero-order chi connectivity index (χ0) is 19.0. The Morgan fingerprint density at radius 2 is 1.93 bits per heavy atom. The maximum absolute atomic E-state index is 12.2. The van der Waals surface area contributed by atoms with E-state index >= 15 is 0 Å². The number of halogens is 2. The van der Waals surface area contributed by atoms with Crippen molar-refractivity contribution in [2.75, 3.05) is 25.5 Å². The summed E-state index contributed by atoms with van der Waals surface area (Å²) in [6.07, 6.45) is 6.11. The molecule has 1 aliphatic carbocycles. The van der Waals surface area contributed by atoms with E-state index in [1.165, 1.54) is 13.5 Å². The summed E-state index contributed by atoms with van der Waals surface area (Å²) in [5, 5.41) is 6.10. The van der Waals surface area contributed by atoms with Gasteiger partial charge in [-0.15, -0.1) is 12.4 Å². The molecule has 27 heavy (non-hydrogen) atoms. The maximum atomic E-state index is 12.2. The first kappa shape index (κ1) is 23.5. The molecule has 0 spiro atoms. The fourth-order valence-electron chi connectivity index (χ4n) is 3.46. The Morgan fingerprint density at radius 1 is 1.22 bits per heavy atom. The molecule has 8 heteroatoms. The largest absolute Gasteiger partial charge is 0.495 e. The Kier molecular flexibility index (Phi) is 9.91. The van der Waals surface area contributed by atoms with Crippen molar-refractivity contribution in [2.45, 2.75) is 44.9 Å². The molecule has 0 aromatic heterocycles. The summed E-state index contributed by atoms with van der Waals surface area (Å²) in [4.78, 5) is 24.3. The number of benzene rings is 1. The van der Waals surface area contributed by atoms with Crippen LogP contribution in [-0.4, -0.2) is 32.0 Å². The Hall–Kier alpha value is -1.50. The molecule has 0 heterocycles. The number of ether oxygens (including phenoxy) is 1. The topological polar surface area (TPSA) is 93.5 Å². The number of amides is 2. The molecule has 0 aliphatic heterocycles. The van der Waals surface area contributed by atoms with E-state index in [-0.39, 0.29) is 42.6 Å². The third-order valence-corrected chi connectivity index (χ3v) is 5.23. The van der Waals surface area contributed by atoms with E-state index in [1.54, 1.807) is 18.2 Å². The zero-order valence-electron chi connectivity index (χ0n) is 15.7. The van der Waals surface area contributed by atoms with E-state index in [9.17, 15) is 9.59 Å². The van der Waals surface area contributed by atoms with E-state index < -0.39 is 0 Å². The number of nitrogens with one attached hydrogen (secondary N) is 2. The van der Waals surface area contributed by atoms with Crippen LogP contribution in [0.15, 0.2) is 18.2 Å². The van der Waals surface area contributed by atoms with Crippen molar-refractivity contribution in [3.8, 4) is 5.75 Å². The molecule has 1 aromatic rings. The minimum absolute atomic E-state index is 0. The lowest BCUT2D eigenvalue weighted by molar-refractivity contribution is -0.124. The van der Waals surface area contributed by atoms with Gasteiger partial charge in [0, 0.05) is 24.4 Å². The molecular weight excluding hydrogens is 389 g/mol. The normalized spacial score (nSPS) is 15.4. The summed E-state index contributed by atoms with van der Waals surface area (Å²) in [7, 11) is 1.53. The number of carbonyl (C=O) groups excluding carboxylic acids is 2. The van der Waals surface area contributed by atoms with Crippen molar-refractivity contribution in [3.63, 3.8) is 0 Å². The van der Waals surface area contributed by atoms with Gasteiger partial charge in [-0.3, -0.25) is 9.59 Å². The Morgan fingerprint density at radius 3 is 2.56 bits per heavy atom. The van der Waals surface area contributed by atoms with Crippen molar-refractivity contribution in [3.05, 3.63) is 23.2 Å². The van der Waals surface area contributed by atoms with E-state index in [4.69, 9.17) is 22.1 Å². The van der Waals surface area contributed by atoms with E-state index in [2.05, 4.69) is 10.6 Å². The third-order valence-electron chi connectivity index (χ3n) is 4.99. The Balaban J connectivity index is 0.00000364. The lowest BCUT2D eigenvalue weighted by Crippen LogP contribution is -2.39. The van der Waals surface area contributed by atoms with Gasteiger partial charge in [-0.2, -0.15) is 0 Å². The SMILES string of the molecule is COc1ccc(Cl)cc1NC(=O)CCNC(=O)CC1(CN)CCCCC1.Cl. The van der Waals surface area contributed by atoms with Gasteiger partial charge >= 0.3 is 0 Å². The molecular formula is C19H29Cl2N3O3. The van der Waals surface area contributed by atoms with E-state index in [1.807, 2.05) is 0 Å². The summed E-state index contributed by atoms with van der Waals surface area (Å²) >= 11 is 5.95. The Bertz CT molecular complexity index is 635. The van der Waals surface area contributed by atoms with Crippen LogP contribution in [0.4, 0.5) is 5.69 Å². The summed E-state index contributed by atoms with van der Waals surface area (Å²) in [5.74, 6) is 0.288. The highest BCUT2D eigenvalue weighted by atomic mass is 35.5. The van der Waals surface area contributed by atoms with Crippen LogP contribution < -0.4 is 21.1 Å². The third kappa shape index (κ3) is 7.20. The molecule has 2 rings (SSSR count). The van der Waals surface area contributed by atoms with Crippen molar-refractivity contribution in [1.82, 2.24) is 5.32 Å². The lowest BCUT2D eigenvalue weighted by atomic mass is 9.71. The molecule has 2 amide bonds. The van der Waals surface area contributed by atoms with Crippen LogP contribution in [0.2, 0.25) is 5.02 Å². The highest BCUT2D eigenvalue weighted by Gasteiger charge is 2.32. The second kappa shape index (κ2) is 11.4. The molecule has 1 fully saturated rings. The highest BCUT2D eigenvalue weighted by molar-refractivity contribution is 6.31. The Labute approximate surface area is 172 Å². The first-order chi connectivity index (χ1) is 12.5. The molecule has 1 aromatic carbocycles. The van der Waals surface area contributed by atoms with Crippen molar-refractivity contribution in [1.29, 1.82) is 0 Å². The van der Waals surface area contributed by atoms with Gasteiger partial charge < -0.3 is 21.1 Å². The number of hydrogen-bond acceptors (Lipinski definition) is 4. The van der Waals surface area contributed by atoms with Crippen LogP contribution in [0, 0.1) is 5.41 Å². The van der Waals surface area contributed by atoms with Crippen molar-refractivity contribution >= 4 is 41.5 Å². The molecule has 0 bridgehead atoms. The number of methoxy groups -OCH3 is 1. The molecule has 152 valence electrons. The second-order valence-electron chi connectivity index (χ2n) is 6.93. The van der Waals surface area contributed by atoms with Gasteiger partial charge in [-0.05, 0) is 43.0 Å². The molecule has 4 N–H and O–H groups in total. The van der Waals surface area contributed by atoms with Crippen molar-refractivity contribution < 1.29 is 14.3 Å². The zero-order valence-corrected chi connectivity index (χ0v) is 17.3. The molecule has 1 saturated carbocycles. The van der Waals surface area contributed by atoms with Crippen LogP contribution in [0.5, 0.6) is 5.75 Å². The average Bonchev–Trinajstić information content (AvgIpc) is 2.62. The smallest absolute Gasteiger partial charge is 0.226 e. The summed E-state index contributed by atoms with van der Waals surface area (Å²) in [5.41, 5.74) is 6.37. The van der Waals surface area contributed by atoms with Gasteiger partial charge in [0.1, 0.15) is 5.75 Å². The fraction of sp³-hybridized carbons (Fsp3) is 0.579. The van der Waals surface area contributed by atoms with Gasteiger partial charge in [0.15, 0.2) is 0 Å². The van der Waals surface area contributed by atoms with Gasteiger partial charge in [0.05, 0.1) is 12.8 Å². The quantitative estimate of drug-likeness (QED) is 0.602. The molecule has 0 saturated heterocycles. The van der Waals surface area contributed by atoms with E-state index in [0.29, 0.717) is 29.4 Å². The van der Waals surface area contributed by atoms with Gasteiger partial charge in [-0.1, -0.05) is 30.9 Å². The molecule has 6 nitrogen and oxygen atoms in total. The van der Waals surface area contributed by atoms with Gasteiger partial charge in [0.2, 0.25) is 11.8 Å². The molecule has 0 radical (unpaired) electrons. The number of nitrogens with two attached hydrogens (primary N) is 1. The molecule has 0 unspecified atom stereocenters. The first-order valence-electron chi connectivity index (χ1n) is 9.08. The summed E-state index contributed by atoms with van der Waals surface area (Å²) in [6, 6.07) is 5.01. The molecule has 1 aliphatic rings.